The lowest BCUT2D eigenvalue weighted by Gasteiger charge is -2.26. The molecule has 0 saturated carbocycles. The second-order valence-electron chi connectivity index (χ2n) is 9.08. The fourth-order valence-electron chi connectivity index (χ4n) is 4.31. The van der Waals surface area contributed by atoms with Crippen LogP contribution in [-0.4, -0.2) is 28.4 Å². The fraction of sp³-hybridized carbons (Fsp3) is 0.241. The van der Waals surface area contributed by atoms with Crippen molar-refractivity contribution in [3.63, 3.8) is 0 Å². The molecule has 0 bridgehead atoms. The number of aryl methyl sites for hydroxylation is 2. The molecule has 37 heavy (non-hydrogen) atoms. The maximum absolute atomic E-state index is 13.1. The predicted molar refractivity (Wildman–Crippen MR) is 150 cm³/mol. The first kappa shape index (κ1) is 24.6. The van der Waals surface area contributed by atoms with Gasteiger partial charge < -0.3 is 29.4 Å². The third-order valence-electron chi connectivity index (χ3n) is 6.41. The molecule has 0 spiro atoms. The first-order valence-electron chi connectivity index (χ1n) is 12.2. The molecule has 0 aliphatic carbocycles. The molecule has 1 aromatic heterocycles. The summed E-state index contributed by atoms with van der Waals surface area (Å²) in [7, 11) is 0. The van der Waals surface area contributed by atoms with Crippen molar-refractivity contribution in [3.8, 4) is 17.2 Å². The first-order chi connectivity index (χ1) is 17.9. The van der Waals surface area contributed by atoms with E-state index in [1.807, 2.05) is 73.3 Å². The number of hydrogen-bond acceptors (Lipinski definition) is 5. The summed E-state index contributed by atoms with van der Waals surface area (Å²) < 4.78 is 16.6. The Bertz CT molecular complexity index is 1510. The van der Waals surface area contributed by atoms with Crippen LogP contribution in [0.1, 0.15) is 29.2 Å². The summed E-state index contributed by atoms with van der Waals surface area (Å²) in [5, 5.41) is 4.80. The smallest absolute Gasteiger partial charge is 0.253 e. The Balaban J connectivity index is 1.44. The van der Waals surface area contributed by atoms with E-state index in [9.17, 15) is 4.79 Å². The third kappa shape index (κ3) is 5.54. The van der Waals surface area contributed by atoms with E-state index < -0.39 is 0 Å². The van der Waals surface area contributed by atoms with Crippen LogP contribution in [0.25, 0.3) is 10.9 Å². The van der Waals surface area contributed by atoms with Crippen molar-refractivity contribution < 1.29 is 14.2 Å². The molecular formula is C29H29N3O4S. The topological polar surface area (TPSA) is 75.8 Å². The fourth-order valence-corrected chi connectivity index (χ4v) is 4.55. The Morgan fingerprint density at radius 2 is 1.76 bits per heavy atom. The molecule has 7 nitrogen and oxygen atoms in total. The van der Waals surface area contributed by atoms with Gasteiger partial charge in [0, 0.05) is 23.3 Å². The molecule has 0 atom stereocenters. The average molecular weight is 516 g/mol. The highest BCUT2D eigenvalue weighted by Crippen LogP contribution is 2.33. The highest BCUT2D eigenvalue weighted by atomic mass is 32.1. The van der Waals surface area contributed by atoms with E-state index in [0.717, 1.165) is 39.2 Å². The van der Waals surface area contributed by atoms with Crippen LogP contribution in [0, 0.1) is 13.8 Å². The molecule has 5 rings (SSSR count). The summed E-state index contributed by atoms with van der Waals surface area (Å²) in [6.07, 6.45) is 0. The van der Waals surface area contributed by atoms with E-state index in [4.69, 9.17) is 26.4 Å². The highest BCUT2D eigenvalue weighted by Gasteiger charge is 2.18. The van der Waals surface area contributed by atoms with Crippen LogP contribution >= 0.6 is 12.2 Å². The lowest BCUT2D eigenvalue weighted by atomic mass is 10.0. The van der Waals surface area contributed by atoms with Gasteiger partial charge in [0.2, 0.25) is 6.79 Å². The van der Waals surface area contributed by atoms with E-state index in [2.05, 4.69) is 23.3 Å². The van der Waals surface area contributed by atoms with Crippen molar-refractivity contribution in [3.05, 3.63) is 93.3 Å². The average Bonchev–Trinajstić information content (AvgIpc) is 3.34. The second kappa shape index (κ2) is 10.5. The summed E-state index contributed by atoms with van der Waals surface area (Å²) in [4.78, 5) is 18.1. The van der Waals surface area contributed by atoms with Gasteiger partial charge in [0.1, 0.15) is 5.75 Å². The molecule has 0 fully saturated rings. The van der Waals surface area contributed by atoms with Gasteiger partial charge in [0.25, 0.3) is 5.56 Å². The summed E-state index contributed by atoms with van der Waals surface area (Å²) in [6.45, 7) is 7.69. The molecule has 0 radical (unpaired) electrons. The minimum atomic E-state index is -0.129. The number of ether oxygens (including phenoxy) is 3. The largest absolute Gasteiger partial charge is 0.494 e. The number of fused-ring (bicyclic) bond motifs is 2. The Labute approximate surface area is 221 Å². The molecule has 0 saturated heterocycles. The van der Waals surface area contributed by atoms with Crippen molar-refractivity contribution in [1.29, 1.82) is 0 Å². The molecule has 8 heteroatoms. The quantitative estimate of drug-likeness (QED) is 0.307. The minimum Gasteiger partial charge on any atom is -0.494 e. The van der Waals surface area contributed by atoms with Crippen molar-refractivity contribution in [2.75, 3.05) is 18.7 Å². The van der Waals surface area contributed by atoms with Gasteiger partial charge >= 0.3 is 0 Å². The number of nitrogens with one attached hydrogen (secondary N) is 2. The standard InChI is InChI=1S/C29H29N3O4S/c1-4-34-24-8-6-23(7-9-24)30-29(37)32(15-20-5-10-26-27(13-20)36-17-35-26)16-22-14-21-11-18(2)19(3)12-25(21)31-28(22)33/h5-14H,4,15-17H2,1-3H3,(H,30,37)(H,31,33). The normalized spacial score (nSPS) is 12.0. The molecule has 3 aromatic carbocycles. The number of benzene rings is 3. The number of H-pyrrole nitrogens is 1. The Morgan fingerprint density at radius 3 is 2.54 bits per heavy atom. The summed E-state index contributed by atoms with van der Waals surface area (Å²) in [6, 6.07) is 19.5. The predicted octanol–water partition coefficient (Wildman–Crippen LogP) is 5.67. The summed E-state index contributed by atoms with van der Waals surface area (Å²) in [5.41, 5.74) is 5.47. The SMILES string of the molecule is CCOc1ccc(NC(=S)N(Cc2ccc3c(c2)OCO3)Cc2cc3cc(C)c(C)cc3[nH]c2=O)cc1. The van der Waals surface area contributed by atoms with Crippen molar-refractivity contribution >= 4 is 33.9 Å². The van der Waals surface area contributed by atoms with Crippen LogP contribution in [0.3, 0.4) is 0 Å². The van der Waals surface area contributed by atoms with E-state index in [0.29, 0.717) is 36.1 Å². The minimum absolute atomic E-state index is 0.129. The van der Waals surface area contributed by atoms with Gasteiger partial charge in [-0.25, -0.2) is 0 Å². The van der Waals surface area contributed by atoms with E-state index in [-0.39, 0.29) is 12.4 Å². The van der Waals surface area contributed by atoms with Crippen LogP contribution in [0.15, 0.2) is 65.5 Å². The number of aromatic nitrogens is 1. The monoisotopic (exact) mass is 515 g/mol. The zero-order chi connectivity index (χ0) is 25.9. The summed E-state index contributed by atoms with van der Waals surface area (Å²) >= 11 is 5.83. The number of aromatic amines is 1. The molecule has 4 aromatic rings. The van der Waals surface area contributed by atoms with E-state index in [1.54, 1.807) is 0 Å². The number of anilines is 1. The van der Waals surface area contributed by atoms with Gasteiger partial charge in [-0.2, -0.15) is 0 Å². The van der Waals surface area contributed by atoms with Gasteiger partial charge in [-0.05, 0) is 110 Å². The molecule has 0 amide bonds. The summed E-state index contributed by atoms with van der Waals surface area (Å²) in [5.74, 6) is 2.23. The Morgan fingerprint density at radius 1 is 1.00 bits per heavy atom. The number of pyridine rings is 1. The van der Waals surface area contributed by atoms with Crippen molar-refractivity contribution in [2.45, 2.75) is 33.9 Å². The van der Waals surface area contributed by atoms with Crippen LogP contribution in [0.5, 0.6) is 17.2 Å². The van der Waals surface area contributed by atoms with Crippen LogP contribution in [0.2, 0.25) is 0 Å². The second-order valence-corrected chi connectivity index (χ2v) is 9.47. The molecule has 1 aliphatic rings. The van der Waals surface area contributed by atoms with Gasteiger partial charge in [-0.1, -0.05) is 6.07 Å². The first-order valence-corrected chi connectivity index (χ1v) is 12.6. The van der Waals surface area contributed by atoms with Gasteiger partial charge in [-0.3, -0.25) is 4.79 Å². The van der Waals surface area contributed by atoms with Crippen LogP contribution in [-0.2, 0) is 13.1 Å². The highest BCUT2D eigenvalue weighted by molar-refractivity contribution is 7.80. The van der Waals surface area contributed by atoms with Crippen LogP contribution < -0.4 is 25.1 Å². The maximum Gasteiger partial charge on any atom is 0.253 e. The van der Waals surface area contributed by atoms with E-state index in [1.165, 1.54) is 5.56 Å². The maximum atomic E-state index is 13.1. The zero-order valence-corrected chi connectivity index (χ0v) is 21.9. The zero-order valence-electron chi connectivity index (χ0n) is 21.1. The molecule has 2 N–H and O–H groups in total. The van der Waals surface area contributed by atoms with Gasteiger partial charge in [0.05, 0.1) is 13.2 Å². The number of hydrogen-bond donors (Lipinski definition) is 2. The van der Waals surface area contributed by atoms with Gasteiger partial charge in [0.15, 0.2) is 16.6 Å². The lowest BCUT2D eigenvalue weighted by Crippen LogP contribution is -2.35. The Hall–Kier alpha value is -4.04. The number of thiocarbonyl (C=S) groups is 1. The van der Waals surface area contributed by atoms with Gasteiger partial charge in [-0.15, -0.1) is 0 Å². The molecular weight excluding hydrogens is 486 g/mol. The number of nitrogens with zero attached hydrogens (tertiary/aromatic N) is 1. The molecule has 2 heterocycles. The molecule has 1 aliphatic heterocycles. The molecule has 190 valence electrons. The van der Waals surface area contributed by atoms with Crippen molar-refractivity contribution in [2.24, 2.45) is 0 Å². The van der Waals surface area contributed by atoms with E-state index >= 15 is 0 Å². The number of rotatable bonds is 7. The molecule has 0 unspecified atom stereocenters. The van der Waals surface area contributed by atoms with Crippen molar-refractivity contribution in [1.82, 2.24) is 9.88 Å². The van der Waals surface area contributed by atoms with Crippen LogP contribution in [0.4, 0.5) is 5.69 Å². The Kier molecular flexibility index (Phi) is 7.01. The lowest BCUT2D eigenvalue weighted by molar-refractivity contribution is 0.174. The third-order valence-corrected chi connectivity index (χ3v) is 6.77.